The molecular weight excluding hydrogens is 184 g/mol. The number of nitriles is 1. The van der Waals surface area contributed by atoms with E-state index in [0.29, 0.717) is 0 Å². The molecule has 0 spiro atoms. The fraction of sp³-hybridized carbons (Fsp3) is 0.111. The van der Waals surface area contributed by atoms with E-state index >= 15 is 0 Å². The highest BCUT2D eigenvalue weighted by molar-refractivity contribution is 8.01. The fourth-order valence-electron chi connectivity index (χ4n) is 1.26. The number of nitrogens with zero attached hydrogens (tertiary/aromatic N) is 1. The van der Waals surface area contributed by atoms with Crippen molar-refractivity contribution in [1.82, 2.24) is 4.98 Å². The number of H-pyrrole nitrogens is 1. The zero-order valence-electron chi connectivity index (χ0n) is 6.70. The molecule has 3 nitrogen and oxygen atoms in total. The lowest BCUT2D eigenvalue weighted by Crippen LogP contribution is -2.13. The molecule has 1 aromatic heterocycles. The van der Waals surface area contributed by atoms with Gasteiger partial charge in [0.25, 0.3) is 5.56 Å². The van der Waals surface area contributed by atoms with Gasteiger partial charge in [0, 0.05) is 17.5 Å². The van der Waals surface area contributed by atoms with E-state index in [9.17, 15) is 4.79 Å². The Balaban J connectivity index is 2.77. The van der Waals surface area contributed by atoms with Gasteiger partial charge in [0.1, 0.15) is 11.6 Å². The third-order valence-corrected chi connectivity index (χ3v) is 2.71. The van der Waals surface area contributed by atoms with Gasteiger partial charge in [-0.25, -0.2) is 0 Å². The van der Waals surface area contributed by atoms with Crippen molar-refractivity contribution in [2.45, 2.75) is 5.75 Å². The van der Waals surface area contributed by atoms with Gasteiger partial charge in [-0.3, -0.25) is 4.79 Å². The Labute approximate surface area is 79.1 Å². The number of pyridine rings is 1. The van der Waals surface area contributed by atoms with Gasteiger partial charge in [-0.05, 0) is 17.0 Å². The van der Waals surface area contributed by atoms with Gasteiger partial charge in [0.2, 0.25) is 0 Å². The third-order valence-electron chi connectivity index (χ3n) is 1.90. The Morgan fingerprint density at radius 1 is 1.62 bits per heavy atom. The summed E-state index contributed by atoms with van der Waals surface area (Å²) in [6.07, 6.45) is 3.49. The van der Waals surface area contributed by atoms with E-state index in [0.717, 1.165) is 16.9 Å². The number of hydrogen-bond acceptors (Lipinski definition) is 3. The second-order valence-electron chi connectivity index (χ2n) is 2.66. The zero-order valence-corrected chi connectivity index (χ0v) is 7.52. The number of nitrogens with one attached hydrogen (secondary N) is 1. The number of rotatable bonds is 0. The maximum atomic E-state index is 11.2. The second-order valence-corrected chi connectivity index (χ2v) is 3.55. The first-order valence-corrected chi connectivity index (χ1v) is 4.80. The van der Waals surface area contributed by atoms with E-state index in [2.05, 4.69) is 4.98 Å². The molecule has 0 aliphatic carbocycles. The molecule has 0 aromatic carbocycles. The Bertz CT molecular complexity index is 467. The molecule has 0 unspecified atom stereocenters. The first-order chi connectivity index (χ1) is 6.33. The summed E-state index contributed by atoms with van der Waals surface area (Å²) in [6.45, 7) is 0. The van der Waals surface area contributed by atoms with Gasteiger partial charge in [-0.1, -0.05) is 0 Å². The molecule has 2 heterocycles. The molecule has 64 valence electrons. The number of aromatic nitrogens is 1. The number of hydrogen-bond donors (Lipinski definition) is 1. The van der Waals surface area contributed by atoms with Crippen LogP contribution >= 0.6 is 11.8 Å². The highest BCUT2D eigenvalue weighted by atomic mass is 32.2. The van der Waals surface area contributed by atoms with Gasteiger partial charge in [0.15, 0.2) is 0 Å². The SMILES string of the molecule is N#Cc1c2c(c[nH]c1=O)CSC=C2. The highest BCUT2D eigenvalue weighted by Crippen LogP contribution is 2.25. The average Bonchev–Trinajstić information content (AvgIpc) is 2.18. The van der Waals surface area contributed by atoms with Crippen LogP contribution in [0.4, 0.5) is 0 Å². The number of aromatic amines is 1. The number of fused-ring (bicyclic) bond motifs is 1. The lowest BCUT2D eigenvalue weighted by molar-refractivity contribution is 1.16. The Morgan fingerprint density at radius 3 is 3.23 bits per heavy atom. The van der Waals surface area contributed by atoms with Crippen molar-refractivity contribution in [3.05, 3.63) is 38.6 Å². The van der Waals surface area contributed by atoms with Crippen molar-refractivity contribution in [1.29, 1.82) is 5.26 Å². The van der Waals surface area contributed by atoms with Crippen LogP contribution in [-0.2, 0) is 5.75 Å². The molecule has 1 N–H and O–H groups in total. The van der Waals surface area contributed by atoms with E-state index in [1.165, 1.54) is 0 Å². The van der Waals surface area contributed by atoms with Crippen molar-refractivity contribution in [2.75, 3.05) is 0 Å². The first-order valence-electron chi connectivity index (χ1n) is 3.76. The predicted octanol–water partition coefficient (Wildman–Crippen LogP) is 1.46. The standard InChI is InChI=1S/C9H6N2OS/c10-3-8-7-1-2-13-5-6(7)4-11-9(8)12/h1-2,4H,5H2,(H,11,12). The van der Waals surface area contributed by atoms with Crippen LogP contribution in [0.15, 0.2) is 16.4 Å². The topological polar surface area (TPSA) is 56.6 Å². The first kappa shape index (κ1) is 8.14. The highest BCUT2D eigenvalue weighted by Gasteiger charge is 2.11. The van der Waals surface area contributed by atoms with Crippen LogP contribution in [0.1, 0.15) is 16.7 Å². The third kappa shape index (κ3) is 1.27. The monoisotopic (exact) mass is 190 g/mol. The molecule has 0 saturated carbocycles. The van der Waals surface area contributed by atoms with Crippen LogP contribution in [0, 0.1) is 11.3 Å². The summed E-state index contributed by atoms with van der Waals surface area (Å²) in [7, 11) is 0. The molecule has 0 atom stereocenters. The van der Waals surface area contributed by atoms with Gasteiger partial charge in [0.05, 0.1) is 0 Å². The molecular formula is C9H6N2OS. The Hall–Kier alpha value is -1.47. The normalized spacial score (nSPS) is 13.5. The van der Waals surface area contributed by atoms with Crippen LogP contribution in [0.25, 0.3) is 6.08 Å². The van der Waals surface area contributed by atoms with Crippen LogP contribution in [0.2, 0.25) is 0 Å². The lowest BCUT2D eigenvalue weighted by atomic mass is 10.1. The predicted molar refractivity (Wildman–Crippen MR) is 52.1 cm³/mol. The molecule has 13 heavy (non-hydrogen) atoms. The largest absolute Gasteiger partial charge is 0.328 e. The van der Waals surface area contributed by atoms with E-state index in [4.69, 9.17) is 5.26 Å². The zero-order chi connectivity index (χ0) is 9.26. The molecule has 2 rings (SSSR count). The summed E-state index contributed by atoms with van der Waals surface area (Å²) < 4.78 is 0. The summed E-state index contributed by atoms with van der Waals surface area (Å²) in [5, 5.41) is 10.7. The molecule has 0 amide bonds. The molecule has 0 radical (unpaired) electrons. The fourth-order valence-corrected chi connectivity index (χ4v) is 2.01. The maximum Gasteiger partial charge on any atom is 0.266 e. The smallest absolute Gasteiger partial charge is 0.266 e. The van der Waals surface area contributed by atoms with Crippen LogP contribution < -0.4 is 5.56 Å². The van der Waals surface area contributed by atoms with Gasteiger partial charge in [-0.2, -0.15) is 5.26 Å². The van der Waals surface area contributed by atoms with Crippen LogP contribution in [-0.4, -0.2) is 4.98 Å². The molecule has 1 aliphatic rings. The van der Waals surface area contributed by atoms with Crippen molar-refractivity contribution in [3.63, 3.8) is 0 Å². The van der Waals surface area contributed by atoms with Gasteiger partial charge < -0.3 is 4.98 Å². The van der Waals surface area contributed by atoms with Crippen molar-refractivity contribution in [2.24, 2.45) is 0 Å². The minimum Gasteiger partial charge on any atom is -0.328 e. The molecule has 4 heteroatoms. The van der Waals surface area contributed by atoms with Gasteiger partial charge in [-0.15, -0.1) is 11.8 Å². The second kappa shape index (κ2) is 3.11. The molecule has 0 fully saturated rings. The van der Waals surface area contributed by atoms with E-state index in [1.807, 2.05) is 17.6 Å². The molecule has 0 bridgehead atoms. The van der Waals surface area contributed by atoms with Crippen LogP contribution in [0.5, 0.6) is 0 Å². The Morgan fingerprint density at radius 2 is 2.46 bits per heavy atom. The van der Waals surface area contributed by atoms with E-state index in [1.54, 1.807) is 18.0 Å². The molecule has 0 saturated heterocycles. The van der Waals surface area contributed by atoms with E-state index < -0.39 is 0 Å². The summed E-state index contributed by atoms with van der Waals surface area (Å²) in [4.78, 5) is 13.8. The minimum absolute atomic E-state index is 0.217. The lowest BCUT2D eigenvalue weighted by Gasteiger charge is -2.09. The minimum atomic E-state index is -0.308. The average molecular weight is 190 g/mol. The number of thioether (sulfide) groups is 1. The quantitative estimate of drug-likeness (QED) is 0.673. The molecule has 1 aromatic rings. The summed E-state index contributed by atoms with van der Waals surface area (Å²) in [5.41, 5.74) is 1.69. The van der Waals surface area contributed by atoms with Gasteiger partial charge >= 0.3 is 0 Å². The summed E-state index contributed by atoms with van der Waals surface area (Å²) in [5.74, 6) is 0.817. The van der Waals surface area contributed by atoms with Crippen molar-refractivity contribution in [3.8, 4) is 6.07 Å². The van der Waals surface area contributed by atoms with E-state index in [-0.39, 0.29) is 11.1 Å². The van der Waals surface area contributed by atoms with Crippen LogP contribution in [0.3, 0.4) is 0 Å². The Kier molecular flexibility index (Phi) is 1.95. The maximum absolute atomic E-state index is 11.2. The van der Waals surface area contributed by atoms with Crippen molar-refractivity contribution < 1.29 is 0 Å². The summed E-state index contributed by atoms with van der Waals surface area (Å²) >= 11 is 1.65. The summed E-state index contributed by atoms with van der Waals surface area (Å²) in [6, 6.07) is 1.92. The molecule has 1 aliphatic heterocycles. The van der Waals surface area contributed by atoms with Crippen molar-refractivity contribution >= 4 is 17.8 Å².